The molecule has 0 fully saturated rings. The lowest BCUT2D eigenvalue weighted by Gasteiger charge is -2.42. The lowest BCUT2D eigenvalue weighted by atomic mass is 9.82. The van der Waals surface area contributed by atoms with Crippen LogP contribution < -0.4 is 0 Å². The van der Waals surface area contributed by atoms with Crippen molar-refractivity contribution in [3.63, 3.8) is 0 Å². The molecule has 0 aromatic heterocycles. The molecule has 0 heterocycles. The highest BCUT2D eigenvalue weighted by atomic mass is 16.5. The van der Waals surface area contributed by atoms with Crippen molar-refractivity contribution in [2.75, 3.05) is 34.4 Å². The number of esters is 1. The molecule has 0 aliphatic heterocycles. The van der Waals surface area contributed by atoms with Gasteiger partial charge in [0.15, 0.2) is 0 Å². The predicted octanol–water partition coefficient (Wildman–Crippen LogP) is 1.54. The van der Waals surface area contributed by atoms with Gasteiger partial charge in [0.1, 0.15) is 0 Å². The molecule has 0 saturated carbocycles. The zero-order valence-corrected chi connectivity index (χ0v) is 11.4. The maximum atomic E-state index is 11.6. The van der Waals surface area contributed by atoms with Crippen molar-refractivity contribution in [1.82, 2.24) is 4.90 Å². The number of hydrogen-bond acceptors (Lipinski definition) is 4. The van der Waals surface area contributed by atoms with Crippen LogP contribution in [0.5, 0.6) is 0 Å². The molecule has 0 rings (SSSR count). The first-order chi connectivity index (χ1) is 7.40. The topological polar surface area (TPSA) is 38.8 Å². The molecule has 0 amide bonds. The lowest BCUT2D eigenvalue weighted by molar-refractivity contribution is -0.148. The van der Waals surface area contributed by atoms with Crippen LogP contribution in [0.3, 0.4) is 0 Å². The van der Waals surface area contributed by atoms with E-state index in [-0.39, 0.29) is 11.5 Å². The summed E-state index contributed by atoms with van der Waals surface area (Å²) in [4.78, 5) is 13.7. The normalized spacial score (nSPS) is 15.2. The highest BCUT2D eigenvalue weighted by molar-refractivity contribution is 5.71. The van der Waals surface area contributed by atoms with Crippen LogP contribution in [0.25, 0.3) is 0 Å². The van der Waals surface area contributed by atoms with E-state index < -0.39 is 0 Å². The van der Waals surface area contributed by atoms with E-state index in [1.54, 1.807) is 7.11 Å². The summed E-state index contributed by atoms with van der Waals surface area (Å²) in [6, 6.07) is 0. The zero-order valence-electron chi connectivity index (χ0n) is 11.4. The molecule has 0 N–H and O–H groups in total. The molecule has 0 spiro atoms. The van der Waals surface area contributed by atoms with Gasteiger partial charge in [0, 0.05) is 7.11 Å². The largest absolute Gasteiger partial charge is 0.466 e. The Bertz CT molecular complexity index is 206. The van der Waals surface area contributed by atoms with Crippen LogP contribution >= 0.6 is 0 Å². The van der Waals surface area contributed by atoms with Gasteiger partial charge in [-0.25, -0.2) is 0 Å². The molecule has 16 heavy (non-hydrogen) atoms. The Balaban J connectivity index is 4.81. The monoisotopic (exact) mass is 231 g/mol. The number of carbonyl (C=O) groups excluding carboxylic acids is 1. The van der Waals surface area contributed by atoms with E-state index in [9.17, 15) is 4.79 Å². The number of likely N-dealkylation sites (N-methyl/N-ethyl adjacent to an activating group) is 1. The molecule has 0 saturated heterocycles. The summed E-state index contributed by atoms with van der Waals surface area (Å²) in [5.41, 5.74) is -0.291. The van der Waals surface area contributed by atoms with E-state index in [1.807, 2.05) is 21.0 Å². The van der Waals surface area contributed by atoms with E-state index in [4.69, 9.17) is 9.47 Å². The molecule has 96 valence electrons. The van der Waals surface area contributed by atoms with Crippen molar-refractivity contribution >= 4 is 5.97 Å². The summed E-state index contributed by atoms with van der Waals surface area (Å²) in [5, 5.41) is 0. The summed E-state index contributed by atoms with van der Waals surface area (Å²) < 4.78 is 10.3. The van der Waals surface area contributed by atoms with Gasteiger partial charge >= 0.3 is 5.97 Å². The second-order valence-corrected chi connectivity index (χ2v) is 4.57. The third kappa shape index (κ3) is 3.76. The Morgan fingerprint density at radius 3 is 2.25 bits per heavy atom. The smallest absolute Gasteiger partial charge is 0.307 e. The minimum absolute atomic E-state index is 0.165. The number of methoxy groups -OCH3 is 1. The fourth-order valence-electron chi connectivity index (χ4n) is 1.94. The van der Waals surface area contributed by atoms with E-state index in [0.717, 1.165) is 0 Å². The molecule has 4 heteroatoms. The van der Waals surface area contributed by atoms with Crippen LogP contribution in [0.4, 0.5) is 0 Å². The van der Waals surface area contributed by atoms with Crippen LogP contribution in [0, 0.1) is 5.92 Å². The Kier molecular flexibility index (Phi) is 6.60. The first-order valence-electron chi connectivity index (χ1n) is 5.72. The van der Waals surface area contributed by atoms with Crippen molar-refractivity contribution in [3.8, 4) is 0 Å². The summed E-state index contributed by atoms with van der Waals surface area (Å²) in [6.07, 6.45) is 0.360. The molecule has 0 radical (unpaired) electrons. The standard InChI is InChI=1S/C12H25NO3/c1-7-16-11(14)8-12(9-15-6,10(2)3)13(4)5/h10H,7-9H2,1-6H3. The van der Waals surface area contributed by atoms with E-state index in [0.29, 0.717) is 25.6 Å². The molecule has 4 nitrogen and oxygen atoms in total. The van der Waals surface area contributed by atoms with Gasteiger partial charge in [-0.05, 0) is 26.9 Å². The highest BCUT2D eigenvalue weighted by Crippen LogP contribution is 2.27. The van der Waals surface area contributed by atoms with Gasteiger partial charge < -0.3 is 14.4 Å². The molecular weight excluding hydrogens is 206 g/mol. The number of carbonyl (C=O) groups is 1. The van der Waals surface area contributed by atoms with E-state index >= 15 is 0 Å². The lowest BCUT2D eigenvalue weighted by Crippen LogP contribution is -2.53. The van der Waals surface area contributed by atoms with Gasteiger partial charge in [0.2, 0.25) is 0 Å². The first kappa shape index (κ1) is 15.4. The van der Waals surface area contributed by atoms with Crippen molar-refractivity contribution in [2.45, 2.75) is 32.7 Å². The third-order valence-corrected chi connectivity index (χ3v) is 3.12. The fraction of sp³-hybridized carbons (Fsp3) is 0.917. The van der Waals surface area contributed by atoms with Crippen molar-refractivity contribution in [1.29, 1.82) is 0 Å². The second kappa shape index (κ2) is 6.86. The van der Waals surface area contributed by atoms with Gasteiger partial charge in [0.25, 0.3) is 0 Å². The van der Waals surface area contributed by atoms with Crippen LogP contribution in [0.1, 0.15) is 27.2 Å². The quantitative estimate of drug-likeness (QED) is 0.623. The number of hydrogen-bond donors (Lipinski definition) is 0. The van der Waals surface area contributed by atoms with Crippen molar-refractivity contribution < 1.29 is 14.3 Å². The predicted molar refractivity (Wildman–Crippen MR) is 64.4 cm³/mol. The van der Waals surface area contributed by atoms with E-state index in [2.05, 4.69) is 18.7 Å². The Hall–Kier alpha value is -0.610. The summed E-state index contributed by atoms with van der Waals surface area (Å²) >= 11 is 0. The third-order valence-electron chi connectivity index (χ3n) is 3.12. The number of ether oxygens (including phenoxy) is 2. The Morgan fingerprint density at radius 2 is 1.94 bits per heavy atom. The number of nitrogens with zero attached hydrogens (tertiary/aromatic N) is 1. The number of rotatable bonds is 7. The molecular formula is C12H25NO3. The minimum Gasteiger partial charge on any atom is -0.466 e. The van der Waals surface area contributed by atoms with Crippen LogP contribution in [0.15, 0.2) is 0 Å². The van der Waals surface area contributed by atoms with Crippen LogP contribution in [-0.4, -0.2) is 50.8 Å². The first-order valence-corrected chi connectivity index (χ1v) is 5.72. The summed E-state index contributed by atoms with van der Waals surface area (Å²) in [5.74, 6) is 0.147. The fourth-order valence-corrected chi connectivity index (χ4v) is 1.94. The van der Waals surface area contributed by atoms with Gasteiger partial charge in [-0.3, -0.25) is 4.79 Å². The second-order valence-electron chi connectivity index (χ2n) is 4.57. The molecule has 0 aliphatic carbocycles. The Morgan fingerprint density at radius 1 is 1.38 bits per heavy atom. The molecule has 0 aromatic carbocycles. The maximum absolute atomic E-state index is 11.6. The van der Waals surface area contributed by atoms with Crippen LogP contribution in [-0.2, 0) is 14.3 Å². The molecule has 0 aliphatic rings. The molecule has 1 unspecified atom stereocenters. The van der Waals surface area contributed by atoms with Crippen molar-refractivity contribution in [3.05, 3.63) is 0 Å². The minimum atomic E-state index is -0.291. The Labute approximate surface area is 98.9 Å². The molecule has 1 atom stereocenters. The van der Waals surface area contributed by atoms with Gasteiger partial charge in [-0.15, -0.1) is 0 Å². The van der Waals surface area contributed by atoms with Gasteiger partial charge in [-0.1, -0.05) is 13.8 Å². The summed E-state index contributed by atoms with van der Waals surface area (Å²) in [6.45, 7) is 6.96. The average Bonchev–Trinajstić information content (AvgIpc) is 2.16. The zero-order chi connectivity index (χ0) is 12.8. The van der Waals surface area contributed by atoms with E-state index in [1.165, 1.54) is 0 Å². The average molecular weight is 231 g/mol. The van der Waals surface area contributed by atoms with Crippen LogP contribution in [0.2, 0.25) is 0 Å². The highest BCUT2D eigenvalue weighted by Gasteiger charge is 2.39. The van der Waals surface area contributed by atoms with Crippen molar-refractivity contribution in [2.24, 2.45) is 5.92 Å². The summed E-state index contributed by atoms with van der Waals surface area (Å²) in [7, 11) is 5.60. The maximum Gasteiger partial charge on any atom is 0.307 e. The molecule has 0 aromatic rings. The van der Waals surface area contributed by atoms with Gasteiger partial charge in [-0.2, -0.15) is 0 Å². The SMILES string of the molecule is CCOC(=O)CC(COC)(C(C)C)N(C)C. The molecule has 0 bridgehead atoms. The van der Waals surface area contributed by atoms with Gasteiger partial charge in [0.05, 0.1) is 25.2 Å².